The maximum Gasteiger partial charge on any atom is 0.220 e. The molecule has 0 saturated carbocycles. The Morgan fingerprint density at radius 1 is 1.39 bits per heavy atom. The van der Waals surface area contributed by atoms with Crippen molar-refractivity contribution in [3.05, 3.63) is 12.2 Å². The van der Waals surface area contributed by atoms with E-state index in [4.69, 9.17) is 4.43 Å². The molecule has 1 N–H and O–H groups in total. The summed E-state index contributed by atoms with van der Waals surface area (Å²) in [5.41, 5.74) is 0. The zero-order valence-corrected chi connectivity index (χ0v) is 16.7. The second-order valence-corrected chi connectivity index (χ2v) is 12.6. The molecule has 1 saturated heterocycles. The van der Waals surface area contributed by atoms with Crippen LogP contribution in [0.3, 0.4) is 0 Å². The second-order valence-electron chi connectivity index (χ2n) is 7.82. The van der Waals surface area contributed by atoms with Crippen LogP contribution in [-0.2, 0) is 9.22 Å². The van der Waals surface area contributed by atoms with Crippen LogP contribution in [0.15, 0.2) is 12.2 Å². The third-order valence-electron chi connectivity index (χ3n) is 4.78. The van der Waals surface area contributed by atoms with E-state index >= 15 is 0 Å². The predicted molar refractivity (Wildman–Crippen MR) is 99.7 cm³/mol. The molecule has 0 aromatic carbocycles. The van der Waals surface area contributed by atoms with Gasteiger partial charge in [0.05, 0.1) is 6.10 Å². The van der Waals surface area contributed by atoms with Gasteiger partial charge in [-0.1, -0.05) is 45.8 Å². The number of nitrogens with one attached hydrogen (secondary N) is 1. The molecule has 0 aromatic heterocycles. The number of carbonyl (C=O) groups excluding carboxylic acids is 1. The molecular formula is C19H33NO2Si. The fourth-order valence-electron chi connectivity index (χ4n) is 2.19. The standard InChI is InChI=1S/C19H33NO2Si/c1-7-17(22-23(5,6)19(2,3)4)13-11-9-8-10-12-16-14-15-18(21)20-16/h11,13,16-17H,7,9,12,14-15H2,1-6H3,(H,20,21)/b13-11+/t16-,17+/m1/s1. The summed E-state index contributed by atoms with van der Waals surface area (Å²) in [6, 6.07) is 0.254. The maximum absolute atomic E-state index is 11.1. The minimum atomic E-state index is -1.72. The molecule has 1 rings (SSSR count). The van der Waals surface area contributed by atoms with Crippen LogP contribution >= 0.6 is 0 Å². The van der Waals surface area contributed by atoms with Crippen molar-refractivity contribution in [1.29, 1.82) is 0 Å². The van der Waals surface area contributed by atoms with E-state index in [9.17, 15) is 4.79 Å². The quantitative estimate of drug-likeness (QED) is 0.444. The first-order chi connectivity index (χ1) is 10.7. The summed E-state index contributed by atoms with van der Waals surface area (Å²) in [5.74, 6) is 6.49. The van der Waals surface area contributed by atoms with Gasteiger partial charge in [-0.15, -0.1) is 5.92 Å². The van der Waals surface area contributed by atoms with E-state index in [0.29, 0.717) is 6.42 Å². The molecule has 0 radical (unpaired) electrons. The Balaban J connectivity index is 2.38. The molecule has 130 valence electrons. The Bertz CT molecular complexity index is 480. The highest BCUT2D eigenvalue weighted by Gasteiger charge is 2.38. The molecule has 3 nitrogen and oxygen atoms in total. The number of carbonyl (C=O) groups is 1. The first-order valence-corrected chi connectivity index (χ1v) is 11.7. The van der Waals surface area contributed by atoms with Gasteiger partial charge in [0, 0.05) is 25.3 Å². The number of rotatable bonds is 6. The highest BCUT2D eigenvalue weighted by molar-refractivity contribution is 6.74. The van der Waals surface area contributed by atoms with Crippen LogP contribution in [0.4, 0.5) is 0 Å². The average molecular weight is 336 g/mol. The molecule has 1 aliphatic heterocycles. The average Bonchev–Trinajstić information content (AvgIpc) is 2.85. The van der Waals surface area contributed by atoms with Gasteiger partial charge in [-0.3, -0.25) is 4.79 Å². The molecular weight excluding hydrogens is 302 g/mol. The summed E-state index contributed by atoms with van der Waals surface area (Å²) in [5, 5.41) is 3.17. The van der Waals surface area contributed by atoms with Crippen molar-refractivity contribution in [2.45, 2.75) is 90.1 Å². The van der Waals surface area contributed by atoms with Gasteiger partial charge >= 0.3 is 0 Å². The third-order valence-corrected chi connectivity index (χ3v) is 9.29. The maximum atomic E-state index is 11.1. The van der Waals surface area contributed by atoms with E-state index in [2.05, 4.69) is 70.1 Å². The summed E-state index contributed by atoms with van der Waals surface area (Å²) in [7, 11) is -1.72. The van der Waals surface area contributed by atoms with Crippen LogP contribution in [0.1, 0.15) is 59.8 Å². The first-order valence-electron chi connectivity index (χ1n) is 8.75. The van der Waals surface area contributed by atoms with Crippen molar-refractivity contribution in [2.75, 3.05) is 0 Å². The fraction of sp³-hybridized carbons (Fsp3) is 0.737. The lowest BCUT2D eigenvalue weighted by Crippen LogP contribution is -2.43. The molecule has 0 bridgehead atoms. The van der Waals surface area contributed by atoms with Gasteiger partial charge in [0.15, 0.2) is 8.32 Å². The van der Waals surface area contributed by atoms with Crippen LogP contribution < -0.4 is 5.32 Å². The lowest BCUT2D eigenvalue weighted by atomic mass is 10.1. The fourth-order valence-corrected chi connectivity index (χ4v) is 3.55. The van der Waals surface area contributed by atoms with Crippen molar-refractivity contribution >= 4 is 14.2 Å². The lowest BCUT2D eigenvalue weighted by molar-refractivity contribution is -0.119. The number of amides is 1. The smallest absolute Gasteiger partial charge is 0.220 e. The highest BCUT2D eigenvalue weighted by Crippen LogP contribution is 2.37. The van der Waals surface area contributed by atoms with Crippen molar-refractivity contribution in [1.82, 2.24) is 5.32 Å². The zero-order valence-electron chi connectivity index (χ0n) is 15.7. The molecule has 0 aromatic rings. The van der Waals surface area contributed by atoms with Gasteiger partial charge in [-0.25, -0.2) is 0 Å². The van der Waals surface area contributed by atoms with E-state index in [1.807, 2.05) is 0 Å². The van der Waals surface area contributed by atoms with Crippen LogP contribution in [0, 0.1) is 11.8 Å². The first kappa shape index (κ1) is 20.0. The third kappa shape index (κ3) is 6.93. The summed E-state index contributed by atoms with van der Waals surface area (Å²) in [4.78, 5) is 11.1. The molecule has 0 aliphatic carbocycles. The molecule has 0 spiro atoms. The van der Waals surface area contributed by atoms with Crippen molar-refractivity contribution < 1.29 is 9.22 Å². The van der Waals surface area contributed by atoms with Gasteiger partial charge < -0.3 is 9.74 Å². The Morgan fingerprint density at radius 3 is 2.61 bits per heavy atom. The monoisotopic (exact) mass is 335 g/mol. The summed E-state index contributed by atoms with van der Waals surface area (Å²) in [6.45, 7) is 13.5. The zero-order chi connectivity index (χ0) is 17.5. The number of hydrogen-bond acceptors (Lipinski definition) is 2. The Morgan fingerprint density at radius 2 is 2.09 bits per heavy atom. The van der Waals surface area contributed by atoms with Crippen molar-refractivity contribution in [2.24, 2.45) is 0 Å². The summed E-state index contributed by atoms with van der Waals surface area (Å²) >= 11 is 0. The molecule has 0 unspecified atom stereocenters. The summed E-state index contributed by atoms with van der Waals surface area (Å²) in [6.07, 6.45) is 8.52. The molecule has 23 heavy (non-hydrogen) atoms. The molecule has 4 heteroatoms. The van der Waals surface area contributed by atoms with Gasteiger partial charge in [0.1, 0.15) is 0 Å². The van der Waals surface area contributed by atoms with Crippen LogP contribution in [0.2, 0.25) is 18.1 Å². The van der Waals surface area contributed by atoms with Gasteiger partial charge in [0.2, 0.25) is 5.91 Å². The summed E-state index contributed by atoms with van der Waals surface area (Å²) < 4.78 is 6.41. The molecule has 1 heterocycles. The van der Waals surface area contributed by atoms with Crippen molar-refractivity contribution in [3.63, 3.8) is 0 Å². The highest BCUT2D eigenvalue weighted by atomic mass is 28.4. The van der Waals surface area contributed by atoms with Crippen LogP contribution in [-0.4, -0.2) is 26.4 Å². The lowest BCUT2D eigenvalue weighted by Gasteiger charge is -2.38. The second kappa shape index (κ2) is 8.70. The Kier molecular flexibility index (Phi) is 7.56. The van der Waals surface area contributed by atoms with Gasteiger partial charge in [0.25, 0.3) is 0 Å². The Hall–Kier alpha value is -1.05. The van der Waals surface area contributed by atoms with E-state index in [0.717, 1.165) is 25.7 Å². The van der Waals surface area contributed by atoms with E-state index in [-0.39, 0.29) is 23.1 Å². The largest absolute Gasteiger partial charge is 0.411 e. The topological polar surface area (TPSA) is 38.3 Å². The molecule has 2 atom stereocenters. The minimum absolute atomic E-state index is 0.158. The van der Waals surface area contributed by atoms with Crippen molar-refractivity contribution in [3.8, 4) is 11.8 Å². The van der Waals surface area contributed by atoms with Crippen LogP contribution in [0.25, 0.3) is 0 Å². The Labute approximate surface area is 143 Å². The molecule has 1 fully saturated rings. The molecule has 1 amide bonds. The van der Waals surface area contributed by atoms with Gasteiger partial charge in [-0.2, -0.15) is 0 Å². The normalized spacial score (nSPS) is 20.3. The SMILES string of the molecule is CC[C@@H](/C=C/CC#CC[C@@H]1CCC(=O)N1)O[Si](C)(C)C(C)(C)C. The van der Waals surface area contributed by atoms with E-state index < -0.39 is 8.32 Å². The van der Waals surface area contributed by atoms with Gasteiger partial charge in [-0.05, 0) is 31.0 Å². The van der Waals surface area contributed by atoms with E-state index in [1.165, 1.54) is 0 Å². The van der Waals surface area contributed by atoms with Crippen LogP contribution in [0.5, 0.6) is 0 Å². The number of allylic oxidation sites excluding steroid dienone is 1. The number of hydrogen-bond donors (Lipinski definition) is 1. The predicted octanol–water partition coefficient (Wildman–Crippen LogP) is 4.41. The van der Waals surface area contributed by atoms with E-state index in [1.54, 1.807) is 0 Å². The minimum Gasteiger partial charge on any atom is -0.411 e. The molecule has 1 aliphatic rings.